The van der Waals surface area contributed by atoms with E-state index < -0.39 is 10.0 Å². The minimum atomic E-state index is -3.33. The maximum Gasteiger partial charge on any atom is 0.246 e. The quantitative estimate of drug-likeness (QED) is 0.853. The van der Waals surface area contributed by atoms with Crippen molar-refractivity contribution in [1.29, 1.82) is 0 Å². The van der Waals surface area contributed by atoms with Gasteiger partial charge in [-0.3, -0.25) is 4.68 Å². The largest absolute Gasteiger partial charge is 0.268 e. The molecule has 0 spiro atoms. The molecule has 1 aliphatic carbocycles. The molecule has 0 amide bonds. The highest BCUT2D eigenvalue weighted by Crippen LogP contribution is 2.31. The van der Waals surface area contributed by atoms with Crippen LogP contribution < -0.4 is 0 Å². The summed E-state index contributed by atoms with van der Waals surface area (Å²) in [7, 11) is -3.33. The molecule has 0 aromatic carbocycles. The Kier molecular flexibility index (Phi) is 3.39. The molecule has 1 saturated carbocycles. The topological polar surface area (TPSA) is 55.2 Å². The Morgan fingerprint density at radius 1 is 1.16 bits per heavy atom. The maximum atomic E-state index is 12.6. The molecule has 2 heterocycles. The van der Waals surface area contributed by atoms with Crippen molar-refractivity contribution in [1.82, 2.24) is 14.1 Å². The molecule has 5 nitrogen and oxygen atoms in total. The van der Waals surface area contributed by atoms with E-state index >= 15 is 0 Å². The van der Waals surface area contributed by atoms with Gasteiger partial charge < -0.3 is 0 Å². The molecule has 1 aromatic heterocycles. The first-order valence-electron chi connectivity index (χ1n) is 7.15. The Bertz CT molecular complexity index is 552. The van der Waals surface area contributed by atoms with Gasteiger partial charge in [-0.15, -0.1) is 0 Å². The Hall–Kier alpha value is -0.880. The van der Waals surface area contributed by atoms with E-state index in [2.05, 4.69) is 5.10 Å². The number of aromatic nitrogens is 2. The first-order valence-corrected chi connectivity index (χ1v) is 8.59. The van der Waals surface area contributed by atoms with Gasteiger partial charge in [-0.25, -0.2) is 8.42 Å². The zero-order chi connectivity index (χ0) is 13.5. The Balaban J connectivity index is 1.91. The fourth-order valence-electron chi connectivity index (χ4n) is 3.14. The van der Waals surface area contributed by atoms with E-state index in [9.17, 15) is 8.42 Å². The summed E-state index contributed by atoms with van der Waals surface area (Å²) in [5, 5.41) is 4.44. The molecule has 2 aliphatic rings. The van der Waals surface area contributed by atoms with Gasteiger partial charge in [0.1, 0.15) is 4.90 Å². The summed E-state index contributed by atoms with van der Waals surface area (Å²) in [4.78, 5) is 0.404. The van der Waals surface area contributed by atoms with Crippen LogP contribution in [0.1, 0.15) is 50.3 Å². The lowest BCUT2D eigenvalue weighted by molar-refractivity contribution is 0.462. The molecule has 6 heteroatoms. The van der Waals surface area contributed by atoms with E-state index in [0.29, 0.717) is 29.7 Å². The third-order valence-electron chi connectivity index (χ3n) is 4.25. The van der Waals surface area contributed by atoms with E-state index in [1.165, 1.54) is 12.8 Å². The van der Waals surface area contributed by atoms with E-state index in [1.54, 1.807) is 17.4 Å². The van der Waals surface area contributed by atoms with E-state index in [1.807, 2.05) is 4.68 Å². The summed E-state index contributed by atoms with van der Waals surface area (Å²) >= 11 is 0. The average Bonchev–Trinajstić information content (AvgIpc) is 3.10. The van der Waals surface area contributed by atoms with Gasteiger partial charge in [0.25, 0.3) is 0 Å². The van der Waals surface area contributed by atoms with Crippen molar-refractivity contribution in [2.45, 2.75) is 56.4 Å². The van der Waals surface area contributed by atoms with Crippen LogP contribution in [0.3, 0.4) is 0 Å². The number of hydrogen-bond donors (Lipinski definition) is 0. The molecule has 1 saturated heterocycles. The Morgan fingerprint density at radius 2 is 1.79 bits per heavy atom. The molecule has 1 aromatic rings. The zero-order valence-electron chi connectivity index (χ0n) is 11.4. The van der Waals surface area contributed by atoms with Crippen LogP contribution in [0.25, 0.3) is 0 Å². The van der Waals surface area contributed by atoms with Gasteiger partial charge in [-0.05, 0) is 32.6 Å². The Morgan fingerprint density at radius 3 is 2.42 bits per heavy atom. The van der Waals surface area contributed by atoms with Crippen LogP contribution in [-0.4, -0.2) is 35.6 Å². The van der Waals surface area contributed by atoms with Gasteiger partial charge in [0, 0.05) is 19.3 Å². The predicted octanol–water partition coefficient (Wildman–Crippen LogP) is 2.09. The van der Waals surface area contributed by atoms with Crippen molar-refractivity contribution in [3.63, 3.8) is 0 Å². The SMILES string of the molecule is Cc1nn(C2CCCC2)cc1S(=O)(=O)N1CCCC1. The summed E-state index contributed by atoms with van der Waals surface area (Å²) < 4.78 is 28.6. The number of hydrogen-bond acceptors (Lipinski definition) is 3. The average molecular weight is 283 g/mol. The lowest BCUT2D eigenvalue weighted by Crippen LogP contribution is -2.28. The molecule has 0 atom stereocenters. The molecule has 2 fully saturated rings. The second kappa shape index (κ2) is 4.90. The van der Waals surface area contributed by atoms with E-state index in [0.717, 1.165) is 25.7 Å². The van der Waals surface area contributed by atoms with Crippen molar-refractivity contribution < 1.29 is 8.42 Å². The summed E-state index contributed by atoms with van der Waals surface area (Å²) in [6.07, 6.45) is 8.35. The molecule has 3 rings (SSSR count). The van der Waals surface area contributed by atoms with Crippen LogP contribution in [0.5, 0.6) is 0 Å². The highest BCUT2D eigenvalue weighted by Gasteiger charge is 2.31. The van der Waals surface area contributed by atoms with Crippen LogP contribution in [0, 0.1) is 6.92 Å². The van der Waals surface area contributed by atoms with Crippen LogP contribution in [0.4, 0.5) is 0 Å². The second-order valence-corrected chi connectivity index (χ2v) is 7.51. The van der Waals surface area contributed by atoms with Crippen molar-refractivity contribution in [2.24, 2.45) is 0 Å². The molecule has 0 bridgehead atoms. The highest BCUT2D eigenvalue weighted by molar-refractivity contribution is 7.89. The number of nitrogens with zero attached hydrogens (tertiary/aromatic N) is 3. The summed E-state index contributed by atoms with van der Waals surface area (Å²) in [6.45, 7) is 3.10. The Labute approximate surface area is 114 Å². The standard InChI is InChI=1S/C13H21N3O2S/c1-11-13(19(17,18)15-8-4-5-9-15)10-16(14-11)12-6-2-3-7-12/h10,12H,2-9H2,1H3. The first kappa shape index (κ1) is 13.1. The van der Waals surface area contributed by atoms with Crippen LogP contribution in [0.2, 0.25) is 0 Å². The molecular formula is C13H21N3O2S. The predicted molar refractivity (Wildman–Crippen MR) is 72.5 cm³/mol. The fraction of sp³-hybridized carbons (Fsp3) is 0.769. The van der Waals surface area contributed by atoms with E-state index in [4.69, 9.17) is 0 Å². The summed E-state index contributed by atoms with van der Waals surface area (Å²) in [6, 6.07) is 0.390. The molecular weight excluding hydrogens is 262 g/mol. The number of sulfonamides is 1. The van der Waals surface area contributed by atoms with E-state index in [-0.39, 0.29) is 0 Å². The van der Waals surface area contributed by atoms with Gasteiger partial charge in [0.2, 0.25) is 10.0 Å². The van der Waals surface area contributed by atoms with Gasteiger partial charge in [0.15, 0.2) is 0 Å². The third-order valence-corrected chi connectivity index (χ3v) is 6.25. The number of aryl methyl sites for hydroxylation is 1. The molecule has 0 unspecified atom stereocenters. The third kappa shape index (κ3) is 2.31. The van der Waals surface area contributed by atoms with Crippen molar-refractivity contribution in [3.8, 4) is 0 Å². The summed E-state index contributed by atoms with van der Waals surface area (Å²) in [5.41, 5.74) is 0.638. The molecule has 19 heavy (non-hydrogen) atoms. The molecule has 106 valence electrons. The number of rotatable bonds is 3. The summed E-state index contributed by atoms with van der Waals surface area (Å²) in [5.74, 6) is 0. The second-order valence-electron chi connectivity index (χ2n) is 5.61. The molecule has 1 aliphatic heterocycles. The van der Waals surface area contributed by atoms with Crippen molar-refractivity contribution in [2.75, 3.05) is 13.1 Å². The smallest absolute Gasteiger partial charge is 0.246 e. The minimum absolute atomic E-state index is 0.390. The maximum absolute atomic E-state index is 12.6. The molecule has 0 radical (unpaired) electrons. The van der Waals surface area contributed by atoms with Crippen LogP contribution >= 0.6 is 0 Å². The molecule has 0 N–H and O–H groups in total. The van der Waals surface area contributed by atoms with Crippen molar-refractivity contribution in [3.05, 3.63) is 11.9 Å². The normalized spacial score (nSPS) is 22.4. The van der Waals surface area contributed by atoms with Gasteiger partial charge in [-0.1, -0.05) is 12.8 Å². The van der Waals surface area contributed by atoms with Gasteiger partial charge in [0.05, 0.1) is 11.7 Å². The van der Waals surface area contributed by atoms with Gasteiger partial charge in [-0.2, -0.15) is 9.40 Å². The zero-order valence-corrected chi connectivity index (χ0v) is 12.2. The first-order chi connectivity index (χ1) is 9.09. The van der Waals surface area contributed by atoms with Crippen molar-refractivity contribution >= 4 is 10.0 Å². The van der Waals surface area contributed by atoms with Crippen LogP contribution in [0.15, 0.2) is 11.1 Å². The lowest BCUT2D eigenvalue weighted by atomic mass is 10.3. The lowest BCUT2D eigenvalue weighted by Gasteiger charge is -2.14. The highest BCUT2D eigenvalue weighted by atomic mass is 32.2. The minimum Gasteiger partial charge on any atom is -0.268 e. The van der Waals surface area contributed by atoms with Crippen LogP contribution in [-0.2, 0) is 10.0 Å². The fourth-order valence-corrected chi connectivity index (χ4v) is 4.81. The van der Waals surface area contributed by atoms with Gasteiger partial charge >= 0.3 is 0 Å². The monoisotopic (exact) mass is 283 g/mol.